The molecule has 0 spiro atoms. The highest BCUT2D eigenvalue weighted by Gasteiger charge is 2.33. The molecule has 2 aliphatic rings. The summed E-state index contributed by atoms with van der Waals surface area (Å²) in [7, 11) is -1.74. The van der Waals surface area contributed by atoms with Crippen molar-refractivity contribution in [2.75, 3.05) is 6.54 Å². The van der Waals surface area contributed by atoms with Crippen molar-refractivity contribution in [1.29, 1.82) is 0 Å². The molecule has 0 aromatic heterocycles. The highest BCUT2D eigenvalue weighted by molar-refractivity contribution is 6.58. The van der Waals surface area contributed by atoms with E-state index in [2.05, 4.69) is 4.90 Å². The largest absolute Gasteiger partial charge is 0.491 e. The van der Waals surface area contributed by atoms with Crippen LogP contribution in [0.25, 0.3) is 0 Å². The van der Waals surface area contributed by atoms with Crippen LogP contribution in [0.5, 0.6) is 0 Å². The van der Waals surface area contributed by atoms with Crippen molar-refractivity contribution >= 4 is 12.6 Å². The molecular weight excluding hydrogens is 268 g/mol. The number of halogens is 1. The third-order valence-electron chi connectivity index (χ3n) is 5.08. The molecule has 1 aromatic carbocycles. The Morgan fingerprint density at radius 2 is 1.90 bits per heavy atom. The number of likely N-dealkylation sites (tertiary alicyclic amines) is 1. The molecule has 114 valence electrons. The second kappa shape index (κ2) is 6.47. The smallest absolute Gasteiger partial charge is 0.423 e. The Kier molecular flexibility index (Phi) is 4.62. The van der Waals surface area contributed by atoms with Crippen LogP contribution in [0.2, 0.25) is 0 Å². The normalized spacial score (nSPS) is 26.4. The van der Waals surface area contributed by atoms with Crippen LogP contribution in [-0.2, 0) is 6.54 Å². The number of rotatable bonds is 3. The molecule has 1 aromatic rings. The minimum atomic E-state index is -1.74. The average Bonchev–Trinajstić information content (AvgIpc) is 2.49. The Labute approximate surface area is 125 Å². The summed E-state index contributed by atoms with van der Waals surface area (Å²) >= 11 is 0. The molecule has 0 bridgehead atoms. The average molecular weight is 291 g/mol. The topological polar surface area (TPSA) is 43.7 Å². The van der Waals surface area contributed by atoms with Crippen LogP contribution in [0.4, 0.5) is 4.39 Å². The van der Waals surface area contributed by atoms with Crippen LogP contribution in [0.15, 0.2) is 18.2 Å². The van der Waals surface area contributed by atoms with Crippen LogP contribution < -0.4 is 5.46 Å². The Hall–Kier alpha value is -0.905. The van der Waals surface area contributed by atoms with E-state index in [4.69, 9.17) is 0 Å². The van der Waals surface area contributed by atoms with E-state index in [-0.39, 0.29) is 5.46 Å². The minimum Gasteiger partial charge on any atom is -0.423 e. The van der Waals surface area contributed by atoms with Gasteiger partial charge < -0.3 is 10.0 Å². The quantitative estimate of drug-likeness (QED) is 0.832. The number of benzene rings is 1. The monoisotopic (exact) mass is 291 g/mol. The summed E-state index contributed by atoms with van der Waals surface area (Å²) in [6.07, 6.45) is 7.84. The molecule has 0 radical (unpaired) electrons. The maximum atomic E-state index is 13.5. The fourth-order valence-electron chi connectivity index (χ4n) is 4.05. The van der Waals surface area contributed by atoms with E-state index in [0.717, 1.165) is 24.6 Å². The number of hydrogen-bond acceptors (Lipinski definition) is 3. The van der Waals surface area contributed by atoms with Gasteiger partial charge in [-0.2, -0.15) is 0 Å². The van der Waals surface area contributed by atoms with Crippen LogP contribution >= 0.6 is 0 Å². The lowest BCUT2D eigenvalue weighted by Crippen LogP contribution is -2.46. The number of nitrogens with zero attached hydrogens (tertiary/aromatic N) is 1. The van der Waals surface area contributed by atoms with E-state index in [1.807, 2.05) is 0 Å². The van der Waals surface area contributed by atoms with Crippen molar-refractivity contribution in [2.45, 2.75) is 51.1 Å². The van der Waals surface area contributed by atoms with Gasteiger partial charge in [-0.3, -0.25) is 4.90 Å². The van der Waals surface area contributed by atoms with E-state index >= 15 is 0 Å². The summed E-state index contributed by atoms with van der Waals surface area (Å²) < 4.78 is 13.5. The summed E-state index contributed by atoms with van der Waals surface area (Å²) in [5.41, 5.74) is 0.940. The first-order chi connectivity index (χ1) is 10.1. The summed E-state index contributed by atoms with van der Waals surface area (Å²) in [6, 6.07) is 5.34. The van der Waals surface area contributed by atoms with Crippen LogP contribution in [0, 0.1) is 11.7 Å². The van der Waals surface area contributed by atoms with Gasteiger partial charge in [-0.05, 0) is 49.8 Å². The molecule has 0 unspecified atom stereocenters. The molecule has 1 saturated heterocycles. The van der Waals surface area contributed by atoms with E-state index in [0.29, 0.717) is 6.04 Å². The van der Waals surface area contributed by atoms with Crippen molar-refractivity contribution in [3.8, 4) is 0 Å². The van der Waals surface area contributed by atoms with Crippen molar-refractivity contribution in [3.63, 3.8) is 0 Å². The Morgan fingerprint density at radius 1 is 1.14 bits per heavy atom. The molecular formula is C16H23BFNO2. The highest BCUT2D eigenvalue weighted by atomic mass is 19.1. The first-order valence-electron chi connectivity index (χ1n) is 8.03. The van der Waals surface area contributed by atoms with Gasteiger partial charge in [-0.15, -0.1) is 0 Å². The Balaban J connectivity index is 1.74. The maximum Gasteiger partial charge on any atom is 0.491 e. The van der Waals surface area contributed by atoms with Crippen molar-refractivity contribution in [2.24, 2.45) is 5.92 Å². The lowest BCUT2D eigenvalue weighted by atomic mass is 9.77. The molecule has 2 fully saturated rings. The summed E-state index contributed by atoms with van der Waals surface area (Å²) in [5.74, 6) is 0.263. The van der Waals surface area contributed by atoms with Crippen LogP contribution in [-0.4, -0.2) is 34.7 Å². The van der Waals surface area contributed by atoms with Gasteiger partial charge in [-0.1, -0.05) is 25.0 Å². The third-order valence-corrected chi connectivity index (χ3v) is 5.08. The lowest BCUT2D eigenvalue weighted by molar-refractivity contribution is 0.0547. The molecule has 1 heterocycles. The van der Waals surface area contributed by atoms with E-state index in [1.165, 1.54) is 44.6 Å². The molecule has 1 aliphatic heterocycles. The zero-order valence-corrected chi connectivity index (χ0v) is 12.3. The molecule has 3 rings (SSSR count). The fraction of sp³-hybridized carbons (Fsp3) is 0.625. The molecule has 0 amide bonds. The summed E-state index contributed by atoms with van der Waals surface area (Å²) in [5, 5.41) is 18.4. The van der Waals surface area contributed by atoms with Gasteiger partial charge >= 0.3 is 7.12 Å². The minimum absolute atomic E-state index is 0.0234. The third kappa shape index (κ3) is 3.30. The molecule has 21 heavy (non-hydrogen) atoms. The zero-order valence-electron chi connectivity index (χ0n) is 12.3. The second-order valence-electron chi connectivity index (χ2n) is 6.45. The van der Waals surface area contributed by atoms with Gasteiger partial charge in [0, 0.05) is 18.0 Å². The van der Waals surface area contributed by atoms with E-state index < -0.39 is 12.9 Å². The zero-order chi connectivity index (χ0) is 14.8. The lowest BCUT2D eigenvalue weighted by Gasteiger charge is -2.44. The van der Waals surface area contributed by atoms with Gasteiger partial charge in [0.15, 0.2) is 0 Å². The first kappa shape index (κ1) is 15.0. The summed E-state index contributed by atoms with van der Waals surface area (Å²) in [4.78, 5) is 2.51. The van der Waals surface area contributed by atoms with Crippen molar-refractivity contribution in [1.82, 2.24) is 4.90 Å². The fourth-order valence-corrected chi connectivity index (χ4v) is 4.05. The molecule has 5 heteroatoms. The van der Waals surface area contributed by atoms with Crippen molar-refractivity contribution < 1.29 is 14.4 Å². The first-order valence-corrected chi connectivity index (χ1v) is 8.03. The van der Waals surface area contributed by atoms with Gasteiger partial charge in [0.25, 0.3) is 0 Å². The standard InChI is InChI=1S/C16H23BFNO2/c18-15-8-7-12(10-14(15)17(20)21)11-19-9-3-5-13-4-1-2-6-16(13)19/h7-8,10,13,16,20-21H,1-6,9,11H2/t13-,16-/m1/s1. The predicted molar refractivity (Wildman–Crippen MR) is 81.6 cm³/mol. The SMILES string of the molecule is OB(O)c1cc(CN2CCC[C@H]3CCCC[C@H]32)ccc1F. The predicted octanol–water partition coefficient (Wildman–Crippen LogP) is 1.66. The summed E-state index contributed by atoms with van der Waals surface area (Å²) in [6.45, 7) is 1.87. The molecule has 2 N–H and O–H groups in total. The van der Waals surface area contributed by atoms with Gasteiger partial charge in [-0.25, -0.2) is 4.39 Å². The molecule has 1 saturated carbocycles. The second-order valence-corrected chi connectivity index (χ2v) is 6.45. The maximum absolute atomic E-state index is 13.5. The molecule has 2 atom stereocenters. The Morgan fingerprint density at radius 3 is 2.71 bits per heavy atom. The van der Waals surface area contributed by atoms with Crippen LogP contribution in [0.3, 0.4) is 0 Å². The van der Waals surface area contributed by atoms with Crippen LogP contribution in [0.1, 0.15) is 44.1 Å². The van der Waals surface area contributed by atoms with E-state index in [1.54, 1.807) is 12.1 Å². The number of fused-ring (bicyclic) bond motifs is 1. The number of hydrogen-bond donors (Lipinski definition) is 2. The number of piperidine rings is 1. The van der Waals surface area contributed by atoms with Gasteiger partial charge in [0.1, 0.15) is 5.82 Å². The highest BCUT2D eigenvalue weighted by Crippen LogP contribution is 2.35. The van der Waals surface area contributed by atoms with Gasteiger partial charge in [0.05, 0.1) is 0 Å². The molecule has 1 aliphatic carbocycles. The van der Waals surface area contributed by atoms with Crippen molar-refractivity contribution in [3.05, 3.63) is 29.6 Å². The van der Waals surface area contributed by atoms with E-state index in [9.17, 15) is 14.4 Å². The molecule has 3 nitrogen and oxygen atoms in total. The Bertz CT molecular complexity index is 495. The van der Waals surface area contributed by atoms with Gasteiger partial charge in [0.2, 0.25) is 0 Å².